The highest BCUT2D eigenvalue weighted by atomic mass is 32.2. The highest BCUT2D eigenvalue weighted by Crippen LogP contribution is 2.27. The minimum Gasteiger partial charge on any atom is -0.345 e. The Morgan fingerprint density at radius 2 is 1.29 bits per heavy atom. The van der Waals surface area contributed by atoms with E-state index in [2.05, 4.69) is 22.8 Å². The lowest BCUT2D eigenvalue weighted by atomic mass is 10.1. The van der Waals surface area contributed by atoms with E-state index >= 15 is 0 Å². The Kier molecular flexibility index (Phi) is 7.79. The monoisotopic (exact) mass is 466 g/mol. The maximum atomic E-state index is 13.2. The second kappa shape index (κ2) is 11.3. The standard InChI is InChI=1S/C29H26N2O2S/c1-21(23-14-6-3-7-15-23)30-28(32)24-16-8-10-18-26(24)31-29(33)25-17-9-11-19-27(25)34-20-22-12-4-2-5-13-22/h2-19,21H,20H2,1H3,(H,30,32)(H,31,33). The molecule has 0 saturated carbocycles. The molecule has 0 heterocycles. The van der Waals surface area contributed by atoms with Crippen LogP contribution < -0.4 is 10.6 Å². The van der Waals surface area contributed by atoms with Crippen LogP contribution in [0.15, 0.2) is 114 Å². The minimum absolute atomic E-state index is 0.160. The number of thioether (sulfide) groups is 1. The summed E-state index contributed by atoms with van der Waals surface area (Å²) in [7, 11) is 0. The van der Waals surface area contributed by atoms with Gasteiger partial charge in [0.05, 0.1) is 22.9 Å². The van der Waals surface area contributed by atoms with E-state index in [0.29, 0.717) is 16.8 Å². The van der Waals surface area contributed by atoms with Gasteiger partial charge >= 0.3 is 0 Å². The van der Waals surface area contributed by atoms with Crippen molar-refractivity contribution in [1.29, 1.82) is 0 Å². The van der Waals surface area contributed by atoms with E-state index in [-0.39, 0.29) is 17.9 Å². The van der Waals surface area contributed by atoms with Gasteiger partial charge in [0.1, 0.15) is 0 Å². The summed E-state index contributed by atoms with van der Waals surface area (Å²) in [5.74, 6) is 0.285. The summed E-state index contributed by atoms with van der Waals surface area (Å²) in [5, 5.41) is 5.97. The Bertz CT molecular complexity index is 1260. The number of benzene rings is 4. The van der Waals surface area contributed by atoms with E-state index in [9.17, 15) is 9.59 Å². The Hall–Kier alpha value is -3.83. The van der Waals surface area contributed by atoms with Gasteiger partial charge in [-0.1, -0.05) is 84.9 Å². The van der Waals surface area contributed by atoms with Gasteiger partial charge in [-0.05, 0) is 42.3 Å². The van der Waals surface area contributed by atoms with Gasteiger partial charge in [-0.3, -0.25) is 9.59 Å². The lowest BCUT2D eigenvalue weighted by Gasteiger charge is -2.17. The molecule has 4 aromatic carbocycles. The van der Waals surface area contributed by atoms with E-state index in [1.807, 2.05) is 85.8 Å². The first-order chi connectivity index (χ1) is 16.6. The van der Waals surface area contributed by atoms with Gasteiger partial charge < -0.3 is 10.6 Å². The van der Waals surface area contributed by atoms with Crippen molar-refractivity contribution in [1.82, 2.24) is 5.32 Å². The number of para-hydroxylation sites is 1. The second-order valence-corrected chi connectivity index (χ2v) is 8.89. The molecule has 170 valence electrons. The zero-order valence-corrected chi connectivity index (χ0v) is 19.7. The van der Waals surface area contributed by atoms with Gasteiger partial charge in [0.2, 0.25) is 0 Å². The molecule has 0 spiro atoms. The molecule has 0 fully saturated rings. The number of rotatable bonds is 8. The molecular formula is C29H26N2O2S. The molecular weight excluding hydrogens is 440 g/mol. The van der Waals surface area contributed by atoms with E-state index in [4.69, 9.17) is 0 Å². The first-order valence-electron chi connectivity index (χ1n) is 11.1. The molecule has 0 saturated heterocycles. The number of hydrogen-bond donors (Lipinski definition) is 2. The van der Waals surface area contributed by atoms with Gasteiger partial charge in [-0.2, -0.15) is 0 Å². The number of nitrogens with one attached hydrogen (secondary N) is 2. The molecule has 0 bridgehead atoms. The van der Waals surface area contributed by atoms with Crippen LogP contribution in [-0.2, 0) is 5.75 Å². The van der Waals surface area contributed by atoms with Crippen LogP contribution in [0.4, 0.5) is 5.69 Å². The van der Waals surface area contributed by atoms with Gasteiger partial charge in [-0.15, -0.1) is 11.8 Å². The lowest BCUT2D eigenvalue weighted by molar-refractivity contribution is 0.0940. The summed E-state index contributed by atoms with van der Waals surface area (Å²) >= 11 is 1.62. The molecule has 0 aliphatic rings. The quantitative estimate of drug-likeness (QED) is 0.283. The van der Waals surface area contributed by atoms with E-state index in [0.717, 1.165) is 16.2 Å². The van der Waals surface area contributed by atoms with Crippen LogP contribution in [0.2, 0.25) is 0 Å². The second-order valence-electron chi connectivity index (χ2n) is 7.88. The molecule has 0 radical (unpaired) electrons. The van der Waals surface area contributed by atoms with Crippen LogP contribution in [-0.4, -0.2) is 11.8 Å². The summed E-state index contributed by atoms with van der Waals surface area (Å²) < 4.78 is 0. The van der Waals surface area contributed by atoms with Crippen molar-refractivity contribution in [3.8, 4) is 0 Å². The van der Waals surface area contributed by atoms with Crippen molar-refractivity contribution in [2.24, 2.45) is 0 Å². The molecule has 2 amide bonds. The molecule has 34 heavy (non-hydrogen) atoms. The van der Waals surface area contributed by atoms with E-state index in [1.165, 1.54) is 5.56 Å². The number of carbonyl (C=O) groups excluding carboxylic acids is 2. The van der Waals surface area contributed by atoms with Crippen molar-refractivity contribution in [3.05, 3.63) is 131 Å². The molecule has 4 rings (SSSR count). The highest BCUT2D eigenvalue weighted by Gasteiger charge is 2.18. The van der Waals surface area contributed by atoms with Gasteiger partial charge in [0, 0.05) is 10.6 Å². The van der Waals surface area contributed by atoms with Crippen LogP contribution in [0.1, 0.15) is 44.8 Å². The zero-order chi connectivity index (χ0) is 23.8. The predicted octanol–water partition coefficient (Wildman–Crippen LogP) is 6.72. The third-order valence-electron chi connectivity index (χ3n) is 5.44. The van der Waals surface area contributed by atoms with Gasteiger partial charge in [0.15, 0.2) is 0 Å². The van der Waals surface area contributed by atoms with Crippen molar-refractivity contribution in [2.75, 3.05) is 5.32 Å². The SMILES string of the molecule is CC(NC(=O)c1ccccc1NC(=O)c1ccccc1SCc1ccccc1)c1ccccc1. The van der Waals surface area contributed by atoms with Crippen molar-refractivity contribution < 1.29 is 9.59 Å². The largest absolute Gasteiger partial charge is 0.345 e. The summed E-state index contributed by atoms with van der Waals surface area (Å²) in [4.78, 5) is 27.1. The zero-order valence-electron chi connectivity index (χ0n) is 18.9. The maximum Gasteiger partial charge on any atom is 0.256 e. The fourth-order valence-corrected chi connectivity index (χ4v) is 4.60. The van der Waals surface area contributed by atoms with Crippen molar-refractivity contribution in [2.45, 2.75) is 23.6 Å². The molecule has 4 nitrogen and oxygen atoms in total. The average molecular weight is 467 g/mol. The van der Waals surface area contributed by atoms with Crippen LogP contribution in [0.5, 0.6) is 0 Å². The Morgan fingerprint density at radius 3 is 2.03 bits per heavy atom. The van der Waals surface area contributed by atoms with Gasteiger partial charge in [-0.25, -0.2) is 0 Å². The summed E-state index contributed by atoms with van der Waals surface area (Å²) in [6, 6.07) is 34.4. The normalized spacial score (nSPS) is 11.4. The molecule has 2 N–H and O–H groups in total. The van der Waals surface area contributed by atoms with Crippen LogP contribution in [0.3, 0.4) is 0 Å². The summed E-state index contributed by atoms with van der Waals surface area (Å²) in [6.07, 6.45) is 0. The third-order valence-corrected chi connectivity index (χ3v) is 6.58. The number of carbonyl (C=O) groups is 2. The number of amides is 2. The Balaban J connectivity index is 1.48. The smallest absolute Gasteiger partial charge is 0.256 e. The van der Waals surface area contributed by atoms with Crippen molar-refractivity contribution >= 4 is 29.3 Å². The first kappa shape index (κ1) is 23.3. The van der Waals surface area contributed by atoms with Gasteiger partial charge in [0.25, 0.3) is 11.8 Å². The average Bonchev–Trinajstić information content (AvgIpc) is 2.89. The molecule has 0 aromatic heterocycles. The fourth-order valence-electron chi connectivity index (χ4n) is 3.59. The number of hydrogen-bond acceptors (Lipinski definition) is 3. The van der Waals surface area contributed by atoms with Crippen molar-refractivity contribution in [3.63, 3.8) is 0 Å². The fraction of sp³-hybridized carbons (Fsp3) is 0.103. The lowest BCUT2D eigenvalue weighted by Crippen LogP contribution is -2.28. The highest BCUT2D eigenvalue weighted by molar-refractivity contribution is 7.98. The summed E-state index contributed by atoms with van der Waals surface area (Å²) in [5.41, 5.74) is 3.69. The predicted molar refractivity (Wildman–Crippen MR) is 139 cm³/mol. The minimum atomic E-state index is -0.243. The number of anilines is 1. The van der Waals surface area contributed by atoms with Crippen LogP contribution in [0, 0.1) is 0 Å². The van der Waals surface area contributed by atoms with E-state index in [1.54, 1.807) is 30.0 Å². The molecule has 0 aliphatic carbocycles. The van der Waals surface area contributed by atoms with E-state index < -0.39 is 0 Å². The molecule has 4 aromatic rings. The Labute approximate surface area is 204 Å². The first-order valence-corrected chi connectivity index (χ1v) is 12.1. The molecule has 1 atom stereocenters. The topological polar surface area (TPSA) is 58.2 Å². The summed E-state index contributed by atoms with van der Waals surface area (Å²) in [6.45, 7) is 1.94. The van der Waals surface area contributed by atoms with Crippen LogP contribution >= 0.6 is 11.8 Å². The Morgan fingerprint density at radius 1 is 0.706 bits per heavy atom. The third kappa shape index (κ3) is 5.94. The van der Waals surface area contributed by atoms with Crippen LogP contribution in [0.25, 0.3) is 0 Å². The molecule has 1 unspecified atom stereocenters. The molecule has 0 aliphatic heterocycles. The maximum absolute atomic E-state index is 13.2. The molecule has 5 heteroatoms.